The summed E-state index contributed by atoms with van der Waals surface area (Å²) >= 11 is 0. The van der Waals surface area contributed by atoms with Crippen LogP contribution in [0.2, 0.25) is 0 Å². The standard InChI is InChI=1S/C21H25N5O6/c1-11(2)18(29)24-20-23-17-16(19(30)25-20)22-21(31-10-12-6-4-3-5-7-12)26(17)15-8-13(28)14(9-27)32-15/h3-7,11,13-16,27-28H,8-10H2,1-2H3,(H,24,25,29,30)/t13-,14+,15+,16?/m0/s1. The number of aliphatic hydroxyl groups is 2. The van der Waals surface area contributed by atoms with E-state index in [4.69, 9.17) is 9.47 Å². The summed E-state index contributed by atoms with van der Waals surface area (Å²) in [7, 11) is 0. The van der Waals surface area contributed by atoms with Crippen molar-refractivity contribution in [2.75, 3.05) is 6.61 Å². The van der Waals surface area contributed by atoms with Gasteiger partial charge in [0.2, 0.25) is 5.96 Å². The van der Waals surface area contributed by atoms with E-state index in [0.717, 1.165) is 5.56 Å². The van der Waals surface area contributed by atoms with Gasteiger partial charge in [-0.25, -0.2) is 4.99 Å². The number of hydrogen-bond acceptors (Lipinski definition) is 8. The largest absolute Gasteiger partial charge is 0.460 e. The molecule has 1 saturated heterocycles. The lowest BCUT2D eigenvalue weighted by Crippen LogP contribution is -2.52. The fourth-order valence-corrected chi connectivity index (χ4v) is 3.49. The lowest BCUT2D eigenvalue weighted by molar-refractivity contribution is -0.120. The molecule has 0 spiro atoms. The van der Waals surface area contributed by atoms with E-state index in [9.17, 15) is 19.8 Å². The molecule has 11 nitrogen and oxygen atoms in total. The number of nitrogens with one attached hydrogen (secondary N) is 1. The van der Waals surface area contributed by atoms with Crippen LogP contribution >= 0.6 is 0 Å². The molecule has 1 unspecified atom stereocenters. The minimum atomic E-state index is -1.01. The molecule has 0 aromatic heterocycles. The predicted octanol–water partition coefficient (Wildman–Crippen LogP) is -0.221. The average molecular weight is 443 g/mol. The second kappa shape index (κ2) is 9.15. The van der Waals surface area contributed by atoms with Crippen molar-refractivity contribution in [3.8, 4) is 0 Å². The van der Waals surface area contributed by atoms with Crippen molar-refractivity contribution >= 4 is 29.6 Å². The molecule has 1 fully saturated rings. The number of amidine groups is 2. The third-order valence-electron chi connectivity index (χ3n) is 5.23. The predicted molar refractivity (Wildman–Crippen MR) is 114 cm³/mol. The van der Waals surface area contributed by atoms with Crippen molar-refractivity contribution in [2.24, 2.45) is 20.9 Å². The first-order valence-electron chi connectivity index (χ1n) is 10.4. The van der Waals surface area contributed by atoms with E-state index in [1.807, 2.05) is 30.3 Å². The Balaban J connectivity index is 1.65. The number of ether oxygens (including phenoxy) is 2. The first-order valence-corrected chi connectivity index (χ1v) is 10.4. The molecule has 32 heavy (non-hydrogen) atoms. The molecule has 1 aromatic rings. The molecular formula is C21H25N5O6. The normalized spacial score (nSPS) is 28.5. The molecule has 0 bridgehead atoms. The fourth-order valence-electron chi connectivity index (χ4n) is 3.49. The van der Waals surface area contributed by atoms with Crippen LogP contribution in [0.3, 0.4) is 0 Å². The number of guanidine groups is 1. The zero-order valence-electron chi connectivity index (χ0n) is 17.7. The number of rotatable bonds is 5. The van der Waals surface area contributed by atoms with E-state index in [-0.39, 0.29) is 43.4 Å². The summed E-state index contributed by atoms with van der Waals surface area (Å²) < 4.78 is 11.7. The van der Waals surface area contributed by atoms with Gasteiger partial charge in [0.1, 0.15) is 18.9 Å². The van der Waals surface area contributed by atoms with Gasteiger partial charge in [-0.05, 0) is 5.56 Å². The molecule has 170 valence electrons. The number of fused-ring (bicyclic) bond motifs is 1. The number of carbonyl (C=O) groups is 2. The monoisotopic (exact) mass is 443 g/mol. The highest BCUT2D eigenvalue weighted by molar-refractivity contribution is 6.26. The third kappa shape index (κ3) is 4.40. The number of benzene rings is 1. The Morgan fingerprint density at radius 2 is 2.12 bits per heavy atom. The maximum atomic E-state index is 12.7. The molecule has 0 saturated carbocycles. The number of aliphatic hydroxyl groups excluding tert-OH is 2. The summed E-state index contributed by atoms with van der Waals surface area (Å²) in [5, 5.41) is 22.2. The van der Waals surface area contributed by atoms with Gasteiger partial charge in [0.05, 0.1) is 12.7 Å². The van der Waals surface area contributed by atoms with Crippen LogP contribution in [0.15, 0.2) is 45.3 Å². The summed E-state index contributed by atoms with van der Waals surface area (Å²) in [5.74, 6) is -1.26. The summed E-state index contributed by atoms with van der Waals surface area (Å²) in [4.78, 5) is 38.8. The number of nitrogens with zero attached hydrogens (tertiary/aromatic N) is 4. The van der Waals surface area contributed by atoms with Crippen LogP contribution < -0.4 is 5.32 Å². The lowest BCUT2D eigenvalue weighted by Gasteiger charge is -2.29. The SMILES string of the molecule is CC(C)C(=O)N=C1N=C2C(N=C(OCc3ccccc3)N2[C@H]2C[C@H](O)[C@@H](CO)O2)C(=O)N1. The van der Waals surface area contributed by atoms with Gasteiger partial charge in [0, 0.05) is 12.3 Å². The van der Waals surface area contributed by atoms with E-state index in [2.05, 4.69) is 20.3 Å². The molecule has 3 N–H and O–H groups in total. The van der Waals surface area contributed by atoms with Crippen LogP contribution in [-0.2, 0) is 25.7 Å². The number of aliphatic imine (C=N–C) groups is 3. The first kappa shape index (κ1) is 22.1. The highest BCUT2D eigenvalue weighted by atomic mass is 16.6. The lowest BCUT2D eigenvalue weighted by atomic mass is 10.1. The molecule has 3 heterocycles. The molecule has 0 radical (unpaired) electrons. The number of hydrogen-bond donors (Lipinski definition) is 3. The van der Waals surface area contributed by atoms with Crippen LogP contribution in [0.4, 0.5) is 0 Å². The molecule has 0 aliphatic carbocycles. The van der Waals surface area contributed by atoms with Gasteiger partial charge in [0.25, 0.3) is 17.8 Å². The molecule has 3 aliphatic rings. The Morgan fingerprint density at radius 3 is 2.78 bits per heavy atom. The summed E-state index contributed by atoms with van der Waals surface area (Å²) in [6.45, 7) is 3.20. The van der Waals surface area contributed by atoms with E-state index in [1.165, 1.54) is 4.90 Å². The van der Waals surface area contributed by atoms with Gasteiger partial charge < -0.3 is 19.7 Å². The Bertz CT molecular complexity index is 976. The maximum absolute atomic E-state index is 12.7. The number of amides is 2. The van der Waals surface area contributed by atoms with Gasteiger partial charge in [-0.15, -0.1) is 0 Å². The van der Waals surface area contributed by atoms with Crippen LogP contribution in [0.25, 0.3) is 0 Å². The van der Waals surface area contributed by atoms with Gasteiger partial charge in [-0.2, -0.15) is 9.98 Å². The van der Waals surface area contributed by atoms with E-state index in [0.29, 0.717) is 0 Å². The summed E-state index contributed by atoms with van der Waals surface area (Å²) in [6.07, 6.45) is -2.33. The Morgan fingerprint density at radius 1 is 1.38 bits per heavy atom. The minimum Gasteiger partial charge on any atom is -0.460 e. The second-order valence-electron chi connectivity index (χ2n) is 7.96. The molecule has 2 amide bonds. The smallest absolute Gasteiger partial charge is 0.296 e. The topological polar surface area (TPSA) is 145 Å². The van der Waals surface area contributed by atoms with Crippen molar-refractivity contribution in [3.05, 3.63) is 35.9 Å². The maximum Gasteiger partial charge on any atom is 0.296 e. The molecule has 1 aromatic carbocycles. The van der Waals surface area contributed by atoms with Crippen LogP contribution in [-0.4, -0.2) is 75.8 Å². The molecule has 4 rings (SSSR count). The van der Waals surface area contributed by atoms with Crippen molar-refractivity contribution in [1.82, 2.24) is 10.2 Å². The number of carbonyl (C=O) groups excluding carboxylic acids is 2. The Kier molecular flexibility index (Phi) is 6.31. The van der Waals surface area contributed by atoms with Crippen LogP contribution in [0.1, 0.15) is 25.8 Å². The van der Waals surface area contributed by atoms with Crippen molar-refractivity contribution in [1.29, 1.82) is 0 Å². The van der Waals surface area contributed by atoms with Gasteiger partial charge in [0.15, 0.2) is 11.9 Å². The molecule has 3 aliphatic heterocycles. The van der Waals surface area contributed by atoms with Crippen molar-refractivity contribution < 1.29 is 29.3 Å². The first-order chi connectivity index (χ1) is 15.4. The highest BCUT2D eigenvalue weighted by Gasteiger charge is 2.49. The molecule has 4 atom stereocenters. The van der Waals surface area contributed by atoms with E-state index >= 15 is 0 Å². The summed E-state index contributed by atoms with van der Waals surface area (Å²) in [5.41, 5.74) is 0.891. The van der Waals surface area contributed by atoms with Gasteiger partial charge in [-0.1, -0.05) is 44.2 Å². The highest BCUT2D eigenvalue weighted by Crippen LogP contribution is 2.29. The van der Waals surface area contributed by atoms with Crippen LogP contribution in [0.5, 0.6) is 0 Å². The van der Waals surface area contributed by atoms with Crippen LogP contribution in [0, 0.1) is 5.92 Å². The molecule has 11 heteroatoms. The quantitative estimate of drug-likeness (QED) is 0.570. The second-order valence-corrected chi connectivity index (χ2v) is 7.96. The van der Waals surface area contributed by atoms with E-state index < -0.39 is 36.3 Å². The van der Waals surface area contributed by atoms with Crippen molar-refractivity contribution in [3.63, 3.8) is 0 Å². The zero-order chi connectivity index (χ0) is 22.8. The zero-order valence-corrected chi connectivity index (χ0v) is 17.7. The fraction of sp³-hybridized carbons (Fsp3) is 0.476. The Hall–Kier alpha value is -3.15. The Labute approximate surface area is 184 Å². The summed E-state index contributed by atoms with van der Waals surface area (Å²) in [6, 6.07) is 8.50. The van der Waals surface area contributed by atoms with Crippen molar-refractivity contribution in [2.45, 2.75) is 51.4 Å². The average Bonchev–Trinajstić information content (AvgIpc) is 3.32. The van der Waals surface area contributed by atoms with E-state index in [1.54, 1.807) is 13.8 Å². The van der Waals surface area contributed by atoms with Gasteiger partial charge in [-0.3, -0.25) is 19.8 Å². The molecular weight excluding hydrogens is 418 g/mol. The van der Waals surface area contributed by atoms with Gasteiger partial charge >= 0.3 is 0 Å². The third-order valence-corrected chi connectivity index (χ3v) is 5.23. The minimum absolute atomic E-state index is 0.0972.